The summed E-state index contributed by atoms with van der Waals surface area (Å²) in [7, 11) is 1.60. The molecule has 3 aromatic carbocycles. The number of guanidine groups is 1. The topological polar surface area (TPSA) is 62.8 Å². The Balaban J connectivity index is 2.27. The van der Waals surface area contributed by atoms with Gasteiger partial charge >= 0.3 is 0 Å². The van der Waals surface area contributed by atoms with Crippen molar-refractivity contribution < 1.29 is 0 Å². The highest BCUT2D eigenvalue weighted by atomic mass is 35.5. The van der Waals surface area contributed by atoms with Crippen LogP contribution in [0.15, 0.2) is 58.6 Å². The fraction of sp³-hybridized carbons (Fsp3) is 0.0588. The Morgan fingerprint density at radius 1 is 1.00 bits per heavy atom. The molecule has 3 N–H and O–H groups in total. The molecule has 0 aliphatic rings. The van der Waals surface area contributed by atoms with Crippen molar-refractivity contribution in [2.24, 2.45) is 15.8 Å². The van der Waals surface area contributed by atoms with E-state index in [1.54, 1.807) is 13.3 Å². The number of fused-ring (bicyclic) bond motifs is 2. The average Bonchev–Trinajstić information content (AvgIpc) is 2.57. The molecule has 0 spiro atoms. The lowest BCUT2D eigenvalue weighted by Crippen LogP contribution is -2.26. The number of benzene rings is 3. The minimum absolute atomic E-state index is 0.263. The molecule has 0 bridgehead atoms. The molecule has 0 radical (unpaired) electrons. The van der Waals surface area contributed by atoms with Gasteiger partial charge in [0.1, 0.15) is 0 Å². The van der Waals surface area contributed by atoms with Crippen molar-refractivity contribution in [1.29, 1.82) is 0 Å². The number of nitrogens with zero attached hydrogens (tertiary/aromatic N) is 2. The molecule has 3 aromatic rings. The van der Waals surface area contributed by atoms with Crippen molar-refractivity contribution >= 4 is 45.3 Å². The van der Waals surface area contributed by atoms with E-state index in [9.17, 15) is 0 Å². The summed E-state index contributed by atoms with van der Waals surface area (Å²) in [5, 5.41) is 9.02. The van der Waals surface area contributed by atoms with Crippen LogP contribution in [0.3, 0.4) is 0 Å². The van der Waals surface area contributed by atoms with E-state index in [4.69, 9.17) is 17.3 Å². The molecule has 110 valence electrons. The van der Waals surface area contributed by atoms with Gasteiger partial charge in [0.05, 0.1) is 11.2 Å². The van der Waals surface area contributed by atoms with Gasteiger partial charge in [0.2, 0.25) is 5.96 Å². The molecule has 0 aromatic heterocycles. The second-order valence-corrected chi connectivity index (χ2v) is 5.18. The molecule has 0 saturated heterocycles. The van der Waals surface area contributed by atoms with Crippen LogP contribution in [0.25, 0.3) is 21.5 Å². The monoisotopic (exact) mass is 310 g/mol. The summed E-state index contributed by atoms with van der Waals surface area (Å²) >= 11 is 6.55. The van der Waals surface area contributed by atoms with Gasteiger partial charge in [-0.3, -0.25) is 4.99 Å². The van der Waals surface area contributed by atoms with Crippen molar-refractivity contribution in [2.45, 2.75) is 0 Å². The van der Waals surface area contributed by atoms with E-state index in [0.29, 0.717) is 0 Å². The van der Waals surface area contributed by atoms with Gasteiger partial charge in [0.15, 0.2) is 0 Å². The molecule has 4 nitrogen and oxygen atoms in total. The maximum absolute atomic E-state index is 6.55. The number of nitrogens with two attached hydrogens (primary N) is 1. The summed E-state index contributed by atoms with van der Waals surface area (Å²) in [6, 6.07) is 16.0. The molecule has 3 rings (SSSR count). The zero-order valence-corrected chi connectivity index (χ0v) is 12.8. The maximum atomic E-state index is 6.55. The van der Waals surface area contributed by atoms with Crippen LogP contribution in [0.1, 0.15) is 5.56 Å². The standard InChI is InChI=1S/C17H15ClN4/c1-20-17(19)22-21-10-15-11-6-2-4-8-13(11)16(18)14-9-5-3-7-12(14)15/h2-10H,1H3,(H3,19,20,22). The van der Waals surface area contributed by atoms with Crippen LogP contribution in [0, 0.1) is 0 Å². The predicted octanol–water partition coefficient (Wildman–Crippen LogP) is 3.51. The second kappa shape index (κ2) is 6.03. The summed E-state index contributed by atoms with van der Waals surface area (Å²) in [6.45, 7) is 0. The molecule has 0 unspecified atom stereocenters. The van der Waals surface area contributed by atoms with Gasteiger partial charge < -0.3 is 5.73 Å². The highest BCUT2D eigenvalue weighted by Crippen LogP contribution is 2.35. The van der Waals surface area contributed by atoms with E-state index in [2.05, 4.69) is 15.5 Å². The first kappa shape index (κ1) is 14.4. The highest BCUT2D eigenvalue weighted by Gasteiger charge is 2.10. The molecule has 0 fully saturated rings. The fourth-order valence-electron chi connectivity index (χ4n) is 2.46. The van der Waals surface area contributed by atoms with Gasteiger partial charge in [-0.1, -0.05) is 60.1 Å². The molecule has 0 aliphatic heterocycles. The first-order valence-electron chi connectivity index (χ1n) is 6.82. The van der Waals surface area contributed by atoms with Crippen LogP contribution in [-0.2, 0) is 0 Å². The third-order valence-corrected chi connectivity index (χ3v) is 3.93. The Kier molecular flexibility index (Phi) is 3.94. The average molecular weight is 311 g/mol. The third kappa shape index (κ3) is 2.49. The van der Waals surface area contributed by atoms with E-state index in [0.717, 1.165) is 32.1 Å². The van der Waals surface area contributed by atoms with Gasteiger partial charge in [0, 0.05) is 23.4 Å². The molecule has 5 heteroatoms. The number of nitrogens with one attached hydrogen (secondary N) is 1. The summed E-state index contributed by atoms with van der Waals surface area (Å²) < 4.78 is 0. The molecule has 0 aliphatic carbocycles. The molecular weight excluding hydrogens is 296 g/mol. The molecule has 22 heavy (non-hydrogen) atoms. The van der Waals surface area contributed by atoms with E-state index in [1.165, 1.54) is 0 Å². The lowest BCUT2D eigenvalue weighted by Gasteiger charge is -2.10. The molecular formula is C17H15ClN4. The largest absolute Gasteiger partial charge is 0.369 e. The van der Waals surface area contributed by atoms with Gasteiger partial charge in [-0.25, -0.2) is 5.43 Å². The summed E-state index contributed by atoms with van der Waals surface area (Å²) in [5.74, 6) is 0.263. The predicted molar refractivity (Wildman–Crippen MR) is 94.7 cm³/mol. The Morgan fingerprint density at radius 2 is 1.50 bits per heavy atom. The second-order valence-electron chi connectivity index (χ2n) is 4.80. The van der Waals surface area contributed by atoms with E-state index in [-0.39, 0.29) is 5.96 Å². The lowest BCUT2D eigenvalue weighted by molar-refractivity contribution is 1.01. The van der Waals surface area contributed by atoms with Crippen LogP contribution in [0.4, 0.5) is 0 Å². The fourth-order valence-corrected chi connectivity index (χ4v) is 2.79. The third-order valence-electron chi connectivity index (χ3n) is 3.52. The van der Waals surface area contributed by atoms with Crippen LogP contribution < -0.4 is 11.2 Å². The number of aliphatic imine (C=N–C) groups is 1. The van der Waals surface area contributed by atoms with Crippen LogP contribution >= 0.6 is 11.6 Å². The van der Waals surface area contributed by atoms with Crippen molar-refractivity contribution in [3.63, 3.8) is 0 Å². The number of rotatable bonds is 2. The van der Waals surface area contributed by atoms with Crippen molar-refractivity contribution in [3.8, 4) is 0 Å². The minimum atomic E-state index is 0.263. The zero-order valence-electron chi connectivity index (χ0n) is 12.0. The van der Waals surface area contributed by atoms with Gasteiger partial charge in [0.25, 0.3) is 0 Å². The number of hydrazone groups is 1. The quantitative estimate of drug-likeness (QED) is 0.329. The van der Waals surface area contributed by atoms with Gasteiger partial charge in [-0.15, -0.1) is 0 Å². The molecule has 0 atom stereocenters. The highest BCUT2D eigenvalue weighted by molar-refractivity contribution is 6.42. The summed E-state index contributed by atoms with van der Waals surface area (Å²) in [4.78, 5) is 3.81. The Morgan fingerprint density at radius 3 is 2.00 bits per heavy atom. The summed E-state index contributed by atoms with van der Waals surface area (Å²) in [6.07, 6.45) is 1.75. The van der Waals surface area contributed by atoms with Crippen molar-refractivity contribution in [2.75, 3.05) is 7.05 Å². The zero-order chi connectivity index (χ0) is 15.5. The SMILES string of the molecule is CN=C(N)NN=Cc1c2ccccc2c(Cl)c2ccccc12. The Hall–Kier alpha value is -2.59. The van der Waals surface area contributed by atoms with E-state index in [1.807, 2.05) is 48.5 Å². The molecule has 0 heterocycles. The minimum Gasteiger partial charge on any atom is -0.369 e. The van der Waals surface area contributed by atoms with Crippen molar-refractivity contribution in [3.05, 3.63) is 59.1 Å². The van der Waals surface area contributed by atoms with E-state index >= 15 is 0 Å². The van der Waals surface area contributed by atoms with Crippen LogP contribution in [-0.4, -0.2) is 19.2 Å². The number of hydrogen-bond acceptors (Lipinski definition) is 2. The van der Waals surface area contributed by atoms with Gasteiger partial charge in [-0.05, 0) is 10.8 Å². The number of halogens is 1. The smallest absolute Gasteiger partial charge is 0.209 e. The summed E-state index contributed by atoms with van der Waals surface area (Å²) in [5.41, 5.74) is 9.27. The first-order chi connectivity index (χ1) is 10.7. The van der Waals surface area contributed by atoms with Crippen LogP contribution in [0.5, 0.6) is 0 Å². The number of hydrogen-bond donors (Lipinski definition) is 2. The normalized spacial score (nSPS) is 12.4. The lowest BCUT2D eigenvalue weighted by atomic mass is 9.97. The molecule has 0 saturated carbocycles. The van der Waals surface area contributed by atoms with E-state index < -0.39 is 0 Å². The maximum Gasteiger partial charge on any atom is 0.209 e. The van der Waals surface area contributed by atoms with Crippen LogP contribution in [0.2, 0.25) is 5.02 Å². The Bertz CT molecular complexity index is 843. The Labute approximate surface area is 133 Å². The van der Waals surface area contributed by atoms with Crippen molar-refractivity contribution in [1.82, 2.24) is 5.43 Å². The molecule has 0 amide bonds. The first-order valence-corrected chi connectivity index (χ1v) is 7.20. The van der Waals surface area contributed by atoms with Gasteiger partial charge in [-0.2, -0.15) is 5.10 Å².